The van der Waals surface area contributed by atoms with E-state index >= 15 is 0 Å². The lowest BCUT2D eigenvalue weighted by Crippen LogP contribution is -2.51. The van der Waals surface area contributed by atoms with Gasteiger partial charge in [0, 0.05) is 32.1 Å². The van der Waals surface area contributed by atoms with Gasteiger partial charge in [0.1, 0.15) is 12.6 Å². The molecule has 34 heavy (non-hydrogen) atoms. The number of carboxylic acids is 1. The highest BCUT2D eigenvalue weighted by molar-refractivity contribution is 5.89. The standard InChI is InChI=1S/C26H31N3O5/c1-17-14-28(2)11-12-29(15-17)25(32)23(13-24(30)31)27-26(33)34-16-22-20-9-5-3-7-18(20)19-8-4-6-10-21(19)22/h3-10,17,22-23H,11-16H2,1-2H3,(H,27,33)(H,30,31). The number of amides is 2. The Balaban J connectivity index is 1.43. The number of rotatable bonds is 6. The molecule has 2 aromatic rings. The number of nitrogens with zero attached hydrogens (tertiary/aromatic N) is 2. The molecule has 180 valence electrons. The van der Waals surface area contributed by atoms with Gasteiger partial charge in [-0.2, -0.15) is 0 Å². The molecular weight excluding hydrogens is 434 g/mol. The van der Waals surface area contributed by atoms with Gasteiger partial charge in [-0.3, -0.25) is 9.59 Å². The van der Waals surface area contributed by atoms with Crippen LogP contribution in [-0.2, 0) is 14.3 Å². The summed E-state index contributed by atoms with van der Waals surface area (Å²) >= 11 is 0. The molecule has 0 saturated carbocycles. The Hall–Kier alpha value is -3.39. The number of ether oxygens (including phenoxy) is 1. The zero-order chi connectivity index (χ0) is 24.2. The van der Waals surface area contributed by atoms with Crippen molar-refractivity contribution in [2.24, 2.45) is 5.92 Å². The van der Waals surface area contributed by atoms with E-state index in [2.05, 4.69) is 22.3 Å². The molecule has 8 heteroatoms. The van der Waals surface area contributed by atoms with Crippen LogP contribution in [0, 0.1) is 5.92 Å². The minimum Gasteiger partial charge on any atom is -0.481 e. The van der Waals surface area contributed by atoms with E-state index in [1.165, 1.54) is 0 Å². The van der Waals surface area contributed by atoms with Crippen LogP contribution in [0.4, 0.5) is 4.79 Å². The van der Waals surface area contributed by atoms with Gasteiger partial charge in [-0.05, 0) is 35.2 Å². The van der Waals surface area contributed by atoms with Crippen LogP contribution in [0.1, 0.15) is 30.4 Å². The largest absolute Gasteiger partial charge is 0.481 e. The first kappa shape index (κ1) is 23.8. The molecule has 2 aliphatic rings. The van der Waals surface area contributed by atoms with E-state index in [0.29, 0.717) is 19.6 Å². The maximum absolute atomic E-state index is 13.1. The van der Waals surface area contributed by atoms with Crippen LogP contribution in [0.25, 0.3) is 11.1 Å². The second-order valence-electron chi connectivity index (χ2n) is 9.27. The number of hydrogen-bond acceptors (Lipinski definition) is 5. The molecule has 1 aliphatic carbocycles. The Bertz CT molecular complexity index is 1030. The summed E-state index contributed by atoms with van der Waals surface area (Å²) in [6.45, 7) is 4.70. The Morgan fingerprint density at radius 1 is 1.03 bits per heavy atom. The Kier molecular flexibility index (Phi) is 7.17. The highest BCUT2D eigenvalue weighted by Gasteiger charge is 2.32. The highest BCUT2D eigenvalue weighted by atomic mass is 16.5. The van der Waals surface area contributed by atoms with Gasteiger partial charge in [-0.1, -0.05) is 55.5 Å². The average Bonchev–Trinajstić information content (AvgIpc) is 3.01. The molecule has 2 amide bonds. The molecule has 1 saturated heterocycles. The van der Waals surface area contributed by atoms with E-state index in [0.717, 1.165) is 28.8 Å². The number of hydrogen-bond donors (Lipinski definition) is 2. The predicted octanol–water partition coefficient (Wildman–Crippen LogP) is 2.78. The first-order chi connectivity index (χ1) is 16.3. The van der Waals surface area contributed by atoms with Crippen molar-refractivity contribution in [3.63, 3.8) is 0 Å². The van der Waals surface area contributed by atoms with Gasteiger partial charge in [0.15, 0.2) is 0 Å². The maximum Gasteiger partial charge on any atom is 0.407 e. The molecule has 2 unspecified atom stereocenters. The van der Waals surface area contributed by atoms with Gasteiger partial charge in [0.25, 0.3) is 0 Å². The Labute approximate surface area is 199 Å². The number of benzene rings is 2. The van der Waals surface area contributed by atoms with Gasteiger partial charge in [0.2, 0.25) is 5.91 Å². The third-order valence-corrected chi connectivity index (χ3v) is 6.53. The second-order valence-corrected chi connectivity index (χ2v) is 9.27. The fourth-order valence-electron chi connectivity index (χ4n) is 5.02. The van der Waals surface area contributed by atoms with Crippen molar-refractivity contribution in [3.05, 3.63) is 59.7 Å². The molecule has 1 heterocycles. The lowest BCUT2D eigenvalue weighted by molar-refractivity contribution is -0.142. The fourth-order valence-corrected chi connectivity index (χ4v) is 5.02. The van der Waals surface area contributed by atoms with Crippen molar-refractivity contribution in [2.75, 3.05) is 39.8 Å². The lowest BCUT2D eigenvalue weighted by Gasteiger charge is -2.27. The van der Waals surface area contributed by atoms with Crippen molar-refractivity contribution < 1.29 is 24.2 Å². The smallest absolute Gasteiger partial charge is 0.407 e. The third kappa shape index (κ3) is 5.22. The average molecular weight is 466 g/mol. The van der Waals surface area contributed by atoms with Gasteiger partial charge in [-0.25, -0.2) is 4.79 Å². The van der Waals surface area contributed by atoms with Gasteiger partial charge in [0.05, 0.1) is 6.42 Å². The summed E-state index contributed by atoms with van der Waals surface area (Å²) in [5, 5.41) is 11.9. The van der Waals surface area contributed by atoms with Crippen molar-refractivity contribution >= 4 is 18.0 Å². The molecule has 2 atom stereocenters. The molecule has 0 spiro atoms. The molecule has 0 radical (unpaired) electrons. The number of alkyl carbamates (subject to hydrolysis) is 1. The summed E-state index contributed by atoms with van der Waals surface area (Å²) < 4.78 is 5.53. The van der Waals surface area contributed by atoms with Crippen LogP contribution in [0.5, 0.6) is 0 Å². The number of carbonyl (C=O) groups is 3. The normalized spacial score (nSPS) is 19.0. The number of carboxylic acid groups (broad SMARTS) is 1. The molecule has 2 aromatic carbocycles. The maximum atomic E-state index is 13.1. The van der Waals surface area contributed by atoms with Crippen molar-refractivity contribution in [1.82, 2.24) is 15.1 Å². The minimum absolute atomic E-state index is 0.0966. The topological polar surface area (TPSA) is 99.2 Å². The third-order valence-electron chi connectivity index (χ3n) is 6.53. The lowest BCUT2D eigenvalue weighted by atomic mass is 9.98. The van der Waals surface area contributed by atoms with Gasteiger partial charge < -0.3 is 25.0 Å². The van der Waals surface area contributed by atoms with Crippen molar-refractivity contribution in [3.8, 4) is 11.1 Å². The molecule has 8 nitrogen and oxygen atoms in total. The Morgan fingerprint density at radius 3 is 2.26 bits per heavy atom. The zero-order valence-electron chi connectivity index (χ0n) is 19.6. The van der Waals surface area contributed by atoms with Crippen LogP contribution < -0.4 is 5.32 Å². The van der Waals surface area contributed by atoms with E-state index in [1.807, 2.05) is 50.4 Å². The summed E-state index contributed by atoms with van der Waals surface area (Å²) in [5.74, 6) is -1.42. The predicted molar refractivity (Wildman–Crippen MR) is 127 cm³/mol. The zero-order valence-corrected chi connectivity index (χ0v) is 19.6. The van der Waals surface area contributed by atoms with Crippen molar-refractivity contribution in [1.29, 1.82) is 0 Å². The number of likely N-dealkylation sites (N-methyl/N-ethyl adjacent to an activating group) is 1. The molecule has 1 fully saturated rings. The molecule has 1 aliphatic heterocycles. The van der Waals surface area contributed by atoms with Crippen LogP contribution in [0.15, 0.2) is 48.5 Å². The molecular formula is C26H31N3O5. The fraction of sp³-hybridized carbons (Fsp3) is 0.423. The van der Waals surface area contributed by atoms with E-state index in [4.69, 9.17) is 4.74 Å². The molecule has 2 N–H and O–H groups in total. The monoisotopic (exact) mass is 465 g/mol. The molecule has 0 aromatic heterocycles. The molecule has 4 rings (SSSR count). The van der Waals surface area contributed by atoms with Crippen molar-refractivity contribution in [2.45, 2.75) is 25.3 Å². The highest BCUT2D eigenvalue weighted by Crippen LogP contribution is 2.44. The summed E-state index contributed by atoms with van der Waals surface area (Å²) in [6, 6.07) is 14.8. The quantitative estimate of drug-likeness (QED) is 0.681. The van der Waals surface area contributed by atoms with Crippen LogP contribution in [0.2, 0.25) is 0 Å². The first-order valence-corrected chi connectivity index (χ1v) is 11.6. The molecule has 0 bridgehead atoms. The van der Waals surface area contributed by atoms with E-state index < -0.39 is 30.4 Å². The Morgan fingerprint density at radius 2 is 1.65 bits per heavy atom. The summed E-state index contributed by atoms with van der Waals surface area (Å²) in [6.07, 6.45) is -1.29. The number of fused-ring (bicyclic) bond motifs is 3. The van der Waals surface area contributed by atoms with E-state index in [-0.39, 0.29) is 18.4 Å². The summed E-state index contributed by atoms with van der Waals surface area (Å²) in [5.41, 5.74) is 4.40. The van der Waals surface area contributed by atoms with E-state index in [9.17, 15) is 19.5 Å². The summed E-state index contributed by atoms with van der Waals surface area (Å²) in [7, 11) is 1.99. The number of aliphatic carboxylic acids is 1. The van der Waals surface area contributed by atoms with E-state index in [1.54, 1.807) is 4.90 Å². The number of nitrogens with one attached hydrogen (secondary N) is 1. The summed E-state index contributed by atoms with van der Waals surface area (Å²) in [4.78, 5) is 41.0. The first-order valence-electron chi connectivity index (χ1n) is 11.6. The van der Waals surface area contributed by atoms with Crippen LogP contribution >= 0.6 is 0 Å². The minimum atomic E-state index is -1.18. The SMILES string of the molecule is CC1CN(C)CCN(C(=O)C(CC(=O)O)NC(=O)OCC2c3ccccc3-c3ccccc32)C1. The van der Waals surface area contributed by atoms with Gasteiger partial charge >= 0.3 is 12.1 Å². The second kappa shape index (κ2) is 10.3. The van der Waals surface area contributed by atoms with Crippen LogP contribution in [-0.4, -0.2) is 78.8 Å². The van der Waals surface area contributed by atoms with Crippen LogP contribution in [0.3, 0.4) is 0 Å². The van der Waals surface area contributed by atoms with Gasteiger partial charge in [-0.15, -0.1) is 0 Å². The number of carbonyl (C=O) groups excluding carboxylic acids is 2.